The van der Waals surface area contributed by atoms with Crippen LogP contribution in [0.5, 0.6) is 0 Å². The van der Waals surface area contributed by atoms with E-state index >= 15 is 0 Å². The molecule has 0 unspecified atom stereocenters. The van der Waals surface area contributed by atoms with Crippen LogP contribution in [0.1, 0.15) is 44.9 Å². The van der Waals surface area contributed by atoms with E-state index in [2.05, 4.69) is 20.1 Å². The number of halogens is 3. The number of aryl methyl sites for hydroxylation is 1. The first-order valence-corrected chi connectivity index (χ1v) is 11.0. The third kappa shape index (κ3) is 4.76. The van der Waals surface area contributed by atoms with Crippen molar-refractivity contribution in [3.63, 3.8) is 0 Å². The van der Waals surface area contributed by atoms with Crippen LogP contribution < -0.4 is 11.5 Å². The van der Waals surface area contributed by atoms with Gasteiger partial charge in [0, 0.05) is 0 Å². The van der Waals surface area contributed by atoms with Gasteiger partial charge in [0.05, 0.1) is 29.6 Å². The highest BCUT2D eigenvalue weighted by Gasteiger charge is 2.22. The average molecular weight is 477 g/mol. The molecule has 182 valence electrons. The molecule has 1 aliphatic carbocycles. The lowest BCUT2D eigenvalue weighted by Crippen LogP contribution is -2.26. The Morgan fingerprint density at radius 3 is 2.44 bits per heavy atom. The Labute approximate surface area is 193 Å². The smallest absolute Gasteiger partial charge is 0.256 e. The average Bonchev–Trinajstić information content (AvgIpc) is 3.23. The van der Waals surface area contributed by atoms with Gasteiger partial charge >= 0.3 is 0 Å². The summed E-state index contributed by atoms with van der Waals surface area (Å²) in [4.78, 5) is 12.4. The van der Waals surface area contributed by atoms with Crippen LogP contribution in [-0.4, -0.2) is 46.3 Å². The summed E-state index contributed by atoms with van der Waals surface area (Å²) in [5, 5.41) is 13.3. The number of hydrogen-bond donors (Lipinski definition) is 3. The van der Waals surface area contributed by atoms with Crippen LogP contribution >= 0.6 is 0 Å². The number of fused-ring (bicyclic) bond motifs is 2. The van der Waals surface area contributed by atoms with Crippen molar-refractivity contribution in [3.05, 3.63) is 30.0 Å². The van der Waals surface area contributed by atoms with Crippen LogP contribution in [-0.2, 0) is 6.54 Å². The third-order valence-corrected chi connectivity index (χ3v) is 5.92. The second-order valence-electron chi connectivity index (χ2n) is 8.76. The Balaban J connectivity index is 0.000000291. The molecule has 0 atom stereocenters. The quantitative estimate of drug-likeness (QED) is 0.410. The summed E-state index contributed by atoms with van der Waals surface area (Å²) in [6.07, 6.45) is 4.29. The van der Waals surface area contributed by atoms with Gasteiger partial charge in [-0.25, -0.2) is 27.7 Å². The summed E-state index contributed by atoms with van der Waals surface area (Å²) in [5.41, 5.74) is 12.2. The van der Waals surface area contributed by atoms with Gasteiger partial charge in [0.2, 0.25) is 5.95 Å². The van der Waals surface area contributed by atoms with Crippen molar-refractivity contribution >= 4 is 28.4 Å². The van der Waals surface area contributed by atoms with Gasteiger partial charge in [0.25, 0.3) is 6.43 Å². The van der Waals surface area contributed by atoms with Crippen LogP contribution in [0.15, 0.2) is 18.3 Å². The van der Waals surface area contributed by atoms with Gasteiger partial charge in [-0.05, 0) is 38.8 Å². The van der Waals surface area contributed by atoms with E-state index in [4.69, 9.17) is 11.5 Å². The van der Waals surface area contributed by atoms with Crippen LogP contribution in [0.4, 0.5) is 24.9 Å². The van der Waals surface area contributed by atoms with Crippen molar-refractivity contribution in [1.82, 2.24) is 29.1 Å². The first-order chi connectivity index (χ1) is 16.1. The zero-order chi connectivity index (χ0) is 24.6. The van der Waals surface area contributed by atoms with E-state index in [0.717, 1.165) is 19.0 Å². The highest BCUT2D eigenvalue weighted by Crippen LogP contribution is 2.32. The predicted octanol–water partition coefficient (Wildman–Crippen LogP) is 3.72. The Morgan fingerprint density at radius 2 is 1.82 bits per heavy atom. The van der Waals surface area contributed by atoms with Crippen molar-refractivity contribution in [2.75, 3.05) is 11.5 Å². The maximum atomic E-state index is 14.6. The van der Waals surface area contributed by atoms with Crippen LogP contribution in [0.2, 0.25) is 0 Å². The number of anilines is 2. The van der Waals surface area contributed by atoms with Gasteiger partial charge < -0.3 is 21.1 Å². The molecule has 0 bridgehead atoms. The summed E-state index contributed by atoms with van der Waals surface area (Å²) in [6.45, 7) is 2.98. The molecule has 9 nitrogen and oxygen atoms in total. The molecular formula is C22H27F3N8O. The fraction of sp³-hybridized carbons (Fsp3) is 0.455. The molecule has 0 aliphatic heterocycles. The summed E-state index contributed by atoms with van der Waals surface area (Å²) >= 11 is 0. The van der Waals surface area contributed by atoms with Gasteiger partial charge in [-0.1, -0.05) is 19.3 Å². The molecule has 4 heterocycles. The number of aliphatic hydroxyl groups is 1. The molecule has 0 saturated heterocycles. The third-order valence-electron chi connectivity index (χ3n) is 5.92. The Bertz CT molecular complexity index is 1320. The maximum Gasteiger partial charge on any atom is 0.256 e. The fourth-order valence-electron chi connectivity index (χ4n) is 4.27. The molecule has 0 amide bonds. The Kier molecular flexibility index (Phi) is 6.34. The van der Waals surface area contributed by atoms with Gasteiger partial charge in [-0.3, -0.25) is 0 Å². The van der Waals surface area contributed by atoms with E-state index < -0.39 is 18.8 Å². The summed E-state index contributed by atoms with van der Waals surface area (Å²) in [7, 11) is 0. The van der Waals surface area contributed by atoms with Gasteiger partial charge in [-0.2, -0.15) is 4.98 Å². The van der Waals surface area contributed by atoms with Crippen molar-refractivity contribution in [2.45, 2.75) is 64.5 Å². The molecule has 1 saturated carbocycles. The number of alkyl halides is 2. The normalized spacial score (nSPS) is 15.6. The van der Waals surface area contributed by atoms with Crippen LogP contribution in [0, 0.1) is 12.7 Å². The second kappa shape index (κ2) is 9.09. The molecule has 0 aromatic carbocycles. The lowest BCUT2D eigenvalue weighted by molar-refractivity contribution is 0.0225. The highest BCUT2D eigenvalue weighted by atomic mass is 19.3. The zero-order valence-electron chi connectivity index (χ0n) is 19.0. The zero-order valence-corrected chi connectivity index (χ0v) is 19.0. The molecule has 4 aromatic heterocycles. The maximum absolute atomic E-state index is 14.6. The molecular weight excluding hydrogens is 449 g/mol. The molecule has 0 radical (unpaired) electrons. The fourth-order valence-corrected chi connectivity index (χ4v) is 4.27. The minimum atomic E-state index is -2.57. The molecule has 1 fully saturated rings. The van der Waals surface area contributed by atoms with Gasteiger partial charge in [-0.15, -0.1) is 5.10 Å². The number of hydrogen-bond acceptors (Lipinski definition) is 7. The Morgan fingerprint density at radius 1 is 1.12 bits per heavy atom. The minimum Gasteiger partial charge on any atom is -0.390 e. The van der Waals surface area contributed by atoms with Gasteiger partial charge in [0.1, 0.15) is 16.9 Å². The van der Waals surface area contributed by atoms with E-state index in [1.807, 2.05) is 6.92 Å². The number of nitrogen functional groups attached to an aromatic ring is 2. The van der Waals surface area contributed by atoms with E-state index in [1.54, 1.807) is 13.0 Å². The largest absolute Gasteiger partial charge is 0.390 e. The first kappa shape index (κ1) is 23.7. The lowest BCUT2D eigenvalue weighted by Gasteiger charge is -2.27. The van der Waals surface area contributed by atoms with Crippen molar-refractivity contribution in [2.24, 2.45) is 0 Å². The predicted molar refractivity (Wildman–Crippen MR) is 123 cm³/mol. The number of pyridine rings is 1. The number of nitrogens with two attached hydrogens (primary N) is 2. The van der Waals surface area contributed by atoms with E-state index in [0.29, 0.717) is 11.3 Å². The molecule has 5 rings (SSSR count). The second-order valence-corrected chi connectivity index (χ2v) is 8.76. The molecule has 5 N–H and O–H groups in total. The van der Waals surface area contributed by atoms with Crippen LogP contribution in [0.3, 0.4) is 0 Å². The SMILES string of the molecule is CC1(O)CCCCC1.Cc1nc2ccc(-c3c(F)cn4nc(N)nc(N)c34)nc2n1CC(F)F. The molecule has 12 heteroatoms. The standard InChI is InChI=1S/C15H13F3N8.C7H14O/c1-6-21-9-3-2-8(22-14(9)25(6)5-10(17)18)11-7(16)4-26-12(11)13(19)23-15(20)24-26;1-7(8)5-3-2-4-6-7/h2-4,10H,5H2,1H3,(H4,19,20,23,24);8H,2-6H2,1H3. The number of nitrogens with zero attached hydrogens (tertiary/aromatic N) is 6. The highest BCUT2D eigenvalue weighted by molar-refractivity contribution is 5.88. The van der Waals surface area contributed by atoms with Crippen LogP contribution in [0.25, 0.3) is 27.9 Å². The van der Waals surface area contributed by atoms with E-state index in [1.165, 1.54) is 34.4 Å². The monoisotopic (exact) mass is 476 g/mol. The Hall–Kier alpha value is -3.41. The van der Waals surface area contributed by atoms with E-state index in [-0.39, 0.29) is 39.8 Å². The number of aromatic nitrogens is 6. The summed E-state index contributed by atoms with van der Waals surface area (Å²) < 4.78 is 42.7. The number of imidazole rings is 1. The lowest BCUT2D eigenvalue weighted by atomic mass is 9.87. The topological polar surface area (TPSA) is 133 Å². The van der Waals surface area contributed by atoms with Gasteiger partial charge in [0.15, 0.2) is 17.3 Å². The van der Waals surface area contributed by atoms with Crippen molar-refractivity contribution < 1.29 is 18.3 Å². The van der Waals surface area contributed by atoms with Crippen molar-refractivity contribution in [3.8, 4) is 11.3 Å². The van der Waals surface area contributed by atoms with Crippen molar-refractivity contribution in [1.29, 1.82) is 0 Å². The molecule has 1 aliphatic rings. The molecule has 0 spiro atoms. The molecule has 4 aromatic rings. The molecule has 34 heavy (non-hydrogen) atoms. The number of rotatable bonds is 3. The van der Waals surface area contributed by atoms with E-state index in [9.17, 15) is 18.3 Å². The minimum absolute atomic E-state index is 0.0180. The summed E-state index contributed by atoms with van der Waals surface area (Å²) in [5.74, 6) is -0.371. The first-order valence-electron chi connectivity index (χ1n) is 11.0. The summed E-state index contributed by atoms with van der Waals surface area (Å²) in [6, 6.07) is 3.12.